The highest BCUT2D eigenvalue weighted by Crippen LogP contribution is 2.65. The molecule has 72 heavy (non-hydrogen) atoms. The van der Waals surface area contributed by atoms with Gasteiger partial charge in [0.25, 0.3) is 0 Å². The van der Waals surface area contributed by atoms with E-state index < -0.39 is 5.41 Å². The Balaban J connectivity index is 1.25. The van der Waals surface area contributed by atoms with Gasteiger partial charge in [-0.1, -0.05) is 139 Å². The summed E-state index contributed by atoms with van der Waals surface area (Å²) < 4.78 is 30.7. The van der Waals surface area contributed by atoms with Crippen LogP contribution in [0.3, 0.4) is 0 Å². The predicted molar refractivity (Wildman–Crippen MR) is 292 cm³/mol. The molecule has 0 saturated carbocycles. The highest BCUT2D eigenvalue weighted by molar-refractivity contribution is 6.20. The van der Waals surface area contributed by atoms with Crippen LogP contribution in [0, 0.1) is 19.7 Å². The average molecular weight is 945 g/mol. The lowest BCUT2D eigenvalue weighted by atomic mass is 9.67. The number of aromatic nitrogens is 2. The second-order valence-electron chi connectivity index (χ2n) is 21.6. The zero-order valence-electron chi connectivity index (χ0n) is 42.1. The Labute approximate surface area is 421 Å². The first-order valence-electron chi connectivity index (χ1n) is 25.0. The molecule has 3 aromatic heterocycles. The summed E-state index contributed by atoms with van der Waals surface area (Å²) in [5, 5.41) is 1.92. The number of ether oxygens (including phenoxy) is 1. The summed E-state index contributed by atoms with van der Waals surface area (Å²) in [5.41, 5.74) is 15.3. The van der Waals surface area contributed by atoms with Crippen LogP contribution in [0.15, 0.2) is 181 Å². The van der Waals surface area contributed by atoms with Crippen molar-refractivity contribution in [2.75, 3.05) is 16.4 Å². The van der Waals surface area contributed by atoms with Crippen molar-refractivity contribution in [2.24, 2.45) is 0 Å². The number of benzene rings is 7. The van der Waals surface area contributed by atoms with Crippen molar-refractivity contribution in [3.8, 4) is 16.9 Å². The monoisotopic (exact) mass is 944 g/mol. The first-order chi connectivity index (χ1) is 34.7. The molecule has 0 amide bonds. The number of rotatable bonds is 8. The number of hydrogen-bond donors (Lipinski definition) is 0. The van der Waals surface area contributed by atoms with Gasteiger partial charge in [-0.05, 0) is 136 Å². The molecule has 1 atom stereocenters. The fourth-order valence-corrected chi connectivity index (χ4v) is 11.2. The van der Waals surface area contributed by atoms with Crippen molar-refractivity contribution in [3.63, 3.8) is 0 Å². The topological polar surface area (TPSA) is 54.6 Å². The van der Waals surface area contributed by atoms with E-state index in [1.54, 1.807) is 6.07 Å². The number of aryl methyl sites for hydroxylation is 2. The van der Waals surface area contributed by atoms with Crippen LogP contribution < -0.4 is 14.5 Å². The van der Waals surface area contributed by atoms with Crippen LogP contribution in [0.5, 0.6) is 5.75 Å². The molecule has 2 aliphatic rings. The molecule has 10 aromatic rings. The number of fused-ring (bicyclic) bond motifs is 9. The molecule has 7 heteroatoms. The summed E-state index contributed by atoms with van der Waals surface area (Å²) in [7, 11) is 0. The first kappa shape index (κ1) is 45.1. The molecule has 6 nitrogen and oxygen atoms in total. The Morgan fingerprint density at radius 1 is 0.556 bits per heavy atom. The van der Waals surface area contributed by atoms with E-state index in [2.05, 4.69) is 193 Å². The summed E-state index contributed by atoms with van der Waals surface area (Å²) in [5.74, 6) is 2.01. The molecule has 1 aliphatic carbocycles. The highest BCUT2D eigenvalue weighted by Gasteiger charge is 2.51. The van der Waals surface area contributed by atoms with Crippen LogP contribution >= 0.6 is 0 Å². The summed E-state index contributed by atoms with van der Waals surface area (Å²) in [6, 6.07) is 56.8. The summed E-state index contributed by atoms with van der Waals surface area (Å²) in [6.45, 7) is 18.0. The Bertz CT molecular complexity index is 3700. The van der Waals surface area contributed by atoms with Gasteiger partial charge in [0.2, 0.25) is 0 Å². The molecular weight excluding hydrogens is 888 g/mol. The largest absolute Gasteiger partial charge is 0.492 e. The second kappa shape index (κ2) is 16.8. The summed E-state index contributed by atoms with van der Waals surface area (Å²) in [4.78, 5) is 14.8. The molecule has 0 saturated heterocycles. The van der Waals surface area contributed by atoms with E-state index in [1.165, 1.54) is 17.2 Å². The van der Waals surface area contributed by atoms with E-state index in [9.17, 15) is 0 Å². The predicted octanol–water partition coefficient (Wildman–Crippen LogP) is 17.0. The molecule has 12 rings (SSSR count). The number of hydrogen-bond acceptors (Lipinski definition) is 6. The fourth-order valence-electron chi connectivity index (χ4n) is 11.2. The smallest absolute Gasteiger partial charge is 0.145 e. The first-order valence-corrected chi connectivity index (χ1v) is 25.0. The van der Waals surface area contributed by atoms with E-state index in [0.717, 1.165) is 112 Å². The number of para-hydroxylation sites is 1. The Hall–Kier alpha value is -8.03. The summed E-state index contributed by atoms with van der Waals surface area (Å²) in [6.07, 6.45) is 4.53. The molecule has 7 aromatic carbocycles. The molecule has 356 valence electrons. The van der Waals surface area contributed by atoms with Gasteiger partial charge in [0.05, 0.1) is 28.8 Å². The number of anilines is 6. The molecule has 0 bridgehead atoms. The summed E-state index contributed by atoms with van der Waals surface area (Å²) >= 11 is 0. The second-order valence-corrected chi connectivity index (χ2v) is 21.6. The quantitative estimate of drug-likeness (QED) is 0.151. The number of furan rings is 1. The van der Waals surface area contributed by atoms with E-state index >= 15 is 4.39 Å². The van der Waals surface area contributed by atoms with E-state index in [-0.39, 0.29) is 16.6 Å². The van der Waals surface area contributed by atoms with Crippen LogP contribution in [0.2, 0.25) is 0 Å². The molecule has 0 radical (unpaired) electrons. The minimum Gasteiger partial charge on any atom is -0.492 e. The third kappa shape index (κ3) is 7.19. The van der Waals surface area contributed by atoms with Crippen molar-refractivity contribution in [3.05, 3.63) is 232 Å². The van der Waals surface area contributed by atoms with Crippen molar-refractivity contribution in [2.45, 2.75) is 78.1 Å². The average Bonchev–Trinajstić information content (AvgIpc) is 4.09. The lowest BCUT2D eigenvalue weighted by molar-refractivity contribution is 0.358. The van der Waals surface area contributed by atoms with E-state index in [4.69, 9.17) is 19.1 Å². The van der Waals surface area contributed by atoms with Crippen LogP contribution in [-0.4, -0.2) is 16.6 Å². The van der Waals surface area contributed by atoms with Gasteiger partial charge in [0.15, 0.2) is 0 Å². The standard InChI is InChI=1S/C65H57FN4O2/c1-40-21-31-56(67-38-40)69(47-27-23-42(24-28-47)63(3,4)5)53-36-51-59(61-49(53)33-34-71-61)60-52(65(51,44-15-10-9-11-16-44)45-17-14-18-46(66)35-45)37-54(58-50-19-12-13-20-55(50)72-62(58)60)70(57-32-22-41(2)39-68-57)48-29-25-43(26-30-48)64(6,7)8/h9-32,35-39H,33-34H2,1-8H3. The maximum absolute atomic E-state index is 16.4. The van der Waals surface area contributed by atoms with Gasteiger partial charge < -0.3 is 9.15 Å². The van der Waals surface area contributed by atoms with Crippen LogP contribution in [0.4, 0.5) is 38.8 Å². The minimum atomic E-state index is -1.10. The van der Waals surface area contributed by atoms with Crippen molar-refractivity contribution >= 4 is 56.3 Å². The maximum atomic E-state index is 16.4. The molecule has 4 heterocycles. The highest BCUT2D eigenvalue weighted by atomic mass is 19.1. The van der Waals surface area contributed by atoms with Crippen LogP contribution in [-0.2, 0) is 22.7 Å². The third-order valence-electron chi connectivity index (χ3n) is 14.8. The molecular formula is C65H57FN4O2. The van der Waals surface area contributed by atoms with Gasteiger partial charge in [-0.3, -0.25) is 9.80 Å². The Morgan fingerprint density at radius 2 is 1.11 bits per heavy atom. The zero-order chi connectivity index (χ0) is 49.7. The fraction of sp³-hybridized carbons (Fsp3) is 0.200. The molecule has 0 fully saturated rings. The lowest BCUT2D eigenvalue weighted by Gasteiger charge is -2.36. The number of pyridine rings is 2. The van der Waals surface area contributed by atoms with Crippen molar-refractivity contribution in [1.29, 1.82) is 0 Å². The van der Waals surface area contributed by atoms with Gasteiger partial charge in [0, 0.05) is 52.3 Å². The third-order valence-corrected chi connectivity index (χ3v) is 14.8. The number of nitrogens with zero attached hydrogens (tertiary/aromatic N) is 4. The molecule has 0 N–H and O–H groups in total. The minimum absolute atomic E-state index is 0.0397. The molecule has 1 aliphatic heterocycles. The van der Waals surface area contributed by atoms with Gasteiger partial charge in [-0.2, -0.15) is 0 Å². The van der Waals surface area contributed by atoms with E-state index in [0.29, 0.717) is 13.0 Å². The normalized spacial score (nSPS) is 15.1. The molecule has 1 unspecified atom stereocenters. The van der Waals surface area contributed by atoms with Gasteiger partial charge >= 0.3 is 0 Å². The van der Waals surface area contributed by atoms with Crippen LogP contribution in [0.1, 0.15) is 91.6 Å². The SMILES string of the molecule is Cc1ccc(N(c2ccc(C(C)(C)C)cc2)c2cc3c(c4c2CCO4)-c2c(cc(N(c4ccc(C(C)(C)C)cc4)c4ccc(C)cn4)c4c2oc2ccccc24)C3(c2ccccc2)c2cccc(F)c2)nc1. The zero-order valence-corrected chi connectivity index (χ0v) is 42.1. The van der Waals surface area contributed by atoms with Gasteiger partial charge in [0.1, 0.15) is 34.4 Å². The Kier molecular flexibility index (Phi) is 10.5. The Morgan fingerprint density at radius 3 is 1.69 bits per heavy atom. The van der Waals surface area contributed by atoms with Crippen LogP contribution in [0.25, 0.3) is 33.1 Å². The van der Waals surface area contributed by atoms with Crippen molar-refractivity contribution < 1.29 is 13.5 Å². The van der Waals surface area contributed by atoms with E-state index in [1.807, 2.05) is 36.7 Å². The van der Waals surface area contributed by atoms with Gasteiger partial charge in [-0.15, -0.1) is 0 Å². The lowest BCUT2D eigenvalue weighted by Crippen LogP contribution is -2.29. The number of halogens is 1. The van der Waals surface area contributed by atoms with Gasteiger partial charge in [-0.25, -0.2) is 14.4 Å². The van der Waals surface area contributed by atoms with Crippen molar-refractivity contribution in [1.82, 2.24) is 9.97 Å². The molecule has 0 spiro atoms. The maximum Gasteiger partial charge on any atom is 0.145 e.